The lowest BCUT2D eigenvalue weighted by Gasteiger charge is -2.15. The molecule has 0 unspecified atom stereocenters. The number of rotatable bonds is 4. The second-order valence-corrected chi connectivity index (χ2v) is 4.45. The van der Waals surface area contributed by atoms with Crippen molar-refractivity contribution in [3.05, 3.63) is 34.9 Å². The molecule has 1 N–H and O–H groups in total. The minimum Gasteiger partial charge on any atom is -0.314 e. The maximum absolute atomic E-state index is 5.83. The van der Waals surface area contributed by atoms with E-state index >= 15 is 0 Å². The van der Waals surface area contributed by atoms with E-state index in [0.29, 0.717) is 12.0 Å². The molecule has 0 bridgehead atoms. The molecule has 0 spiro atoms. The fourth-order valence-corrected chi connectivity index (χ4v) is 1.45. The Hall–Kier alpha value is -0.530. The van der Waals surface area contributed by atoms with Crippen molar-refractivity contribution < 1.29 is 0 Å². The fourth-order valence-electron chi connectivity index (χ4n) is 1.32. The Morgan fingerprint density at radius 3 is 2.21 bits per heavy atom. The molecule has 0 saturated heterocycles. The van der Waals surface area contributed by atoms with E-state index in [1.807, 2.05) is 12.1 Å². The molecule has 0 aromatic heterocycles. The quantitative estimate of drug-likeness (QED) is 0.805. The van der Waals surface area contributed by atoms with Crippen molar-refractivity contribution in [3.8, 4) is 0 Å². The van der Waals surface area contributed by atoms with Gasteiger partial charge in [0.1, 0.15) is 0 Å². The molecule has 0 aliphatic heterocycles. The van der Waals surface area contributed by atoms with Crippen LogP contribution >= 0.6 is 11.6 Å². The van der Waals surface area contributed by atoms with Crippen molar-refractivity contribution in [3.63, 3.8) is 0 Å². The first-order valence-electron chi connectivity index (χ1n) is 5.08. The van der Waals surface area contributed by atoms with E-state index in [1.165, 1.54) is 5.56 Å². The summed E-state index contributed by atoms with van der Waals surface area (Å²) in [6.07, 6.45) is 0. The fraction of sp³-hybridized carbons (Fsp3) is 0.500. The van der Waals surface area contributed by atoms with Gasteiger partial charge in [-0.15, -0.1) is 0 Å². The standard InChI is InChI=1S/C12H18ClN/c1-9(2)14-8-10(3)11-4-6-12(13)7-5-11/h4-7,9-10,14H,8H2,1-3H3/t10-/m1/s1. The van der Waals surface area contributed by atoms with Crippen LogP contribution in [0.1, 0.15) is 32.3 Å². The highest BCUT2D eigenvalue weighted by molar-refractivity contribution is 6.30. The van der Waals surface area contributed by atoms with Crippen molar-refractivity contribution in [1.29, 1.82) is 0 Å². The van der Waals surface area contributed by atoms with Gasteiger partial charge in [-0.25, -0.2) is 0 Å². The Labute approximate surface area is 91.5 Å². The van der Waals surface area contributed by atoms with Gasteiger partial charge in [0.15, 0.2) is 0 Å². The van der Waals surface area contributed by atoms with Crippen LogP contribution in [0.2, 0.25) is 5.02 Å². The highest BCUT2D eigenvalue weighted by Gasteiger charge is 2.05. The maximum Gasteiger partial charge on any atom is 0.0406 e. The molecule has 78 valence electrons. The van der Waals surface area contributed by atoms with Gasteiger partial charge < -0.3 is 5.32 Å². The number of benzene rings is 1. The molecule has 0 heterocycles. The first kappa shape index (κ1) is 11.5. The highest BCUT2D eigenvalue weighted by atomic mass is 35.5. The number of nitrogens with one attached hydrogen (secondary N) is 1. The van der Waals surface area contributed by atoms with Gasteiger partial charge in [-0.1, -0.05) is 44.5 Å². The van der Waals surface area contributed by atoms with Crippen LogP contribution < -0.4 is 5.32 Å². The van der Waals surface area contributed by atoms with Gasteiger partial charge in [-0.05, 0) is 23.6 Å². The lowest BCUT2D eigenvalue weighted by molar-refractivity contribution is 0.548. The van der Waals surface area contributed by atoms with Gasteiger partial charge in [0.05, 0.1) is 0 Å². The van der Waals surface area contributed by atoms with E-state index in [2.05, 4.69) is 38.2 Å². The molecular formula is C12H18ClN. The summed E-state index contributed by atoms with van der Waals surface area (Å²) < 4.78 is 0. The zero-order chi connectivity index (χ0) is 10.6. The lowest BCUT2D eigenvalue weighted by atomic mass is 10.0. The minimum absolute atomic E-state index is 0.537. The van der Waals surface area contributed by atoms with E-state index in [4.69, 9.17) is 11.6 Å². The Bertz CT molecular complexity index is 266. The first-order valence-corrected chi connectivity index (χ1v) is 5.46. The smallest absolute Gasteiger partial charge is 0.0406 e. The Morgan fingerprint density at radius 2 is 1.71 bits per heavy atom. The molecule has 1 aromatic rings. The summed E-state index contributed by atoms with van der Waals surface area (Å²) in [5.74, 6) is 0.537. The van der Waals surface area contributed by atoms with E-state index < -0.39 is 0 Å². The van der Waals surface area contributed by atoms with Crippen molar-refractivity contribution >= 4 is 11.6 Å². The van der Waals surface area contributed by atoms with Crippen LogP contribution in [0.25, 0.3) is 0 Å². The van der Waals surface area contributed by atoms with Crippen LogP contribution in [0.3, 0.4) is 0 Å². The molecule has 1 nitrogen and oxygen atoms in total. The second-order valence-electron chi connectivity index (χ2n) is 4.02. The largest absolute Gasteiger partial charge is 0.314 e. The normalized spacial score (nSPS) is 13.2. The number of halogens is 1. The summed E-state index contributed by atoms with van der Waals surface area (Å²) in [4.78, 5) is 0. The van der Waals surface area contributed by atoms with Crippen LogP contribution in [0.4, 0.5) is 0 Å². The molecule has 0 fully saturated rings. The summed E-state index contributed by atoms with van der Waals surface area (Å²) >= 11 is 5.83. The van der Waals surface area contributed by atoms with E-state index in [-0.39, 0.29) is 0 Å². The topological polar surface area (TPSA) is 12.0 Å². The van der Waals surface area contributed by atoms with Gasteiger partial charge in [0, 0.05) is 17.6 Å². The summed E-state index contributed by atoms with van der Waals surface area (Å²) in [6.45, 7) is 7.56. The molecule has 2 heteroatoms. The first-order chi connectivity index (χ1) is 6.59. The Morgan fingerprint density at radius 1 is 1.14 bits per heavy atom. The predicted molar refractivity (Wildman–Crippen MR) is 63.0 cm³/mol. The monoisotopic (exact) mass is 211 g/mol. The zero-order valence-electron chi connectivity index (χ0n) is 9.05. The van der Waals surface area contributed by atoms with Crippen LogP contribution in [-0.2, 0) is 0 Å². The van der Waals surface area contributed by atoms with Crippen molar-refractivity contribution in [2.24, 2.45) is 0 Å². The van der Waals surface area contributed by atoms with E-state index in [1.54, 1.807) is 0 Å². The molecule has 1 aromatic carbocycles. The highest BCUT2D eigenvalue weighted by Crippen LogP contribution is 2.17. The third-order valence-electron chi connectivity index (χ3n) is 2.27. The average Bonchev–Trinajstić information content (AvgIpc) is 2.15. The number of hydrogen-bond acceptors (Lipinski definition) is 1. The Balaban J connectivity index is 2.52. The van der Waals surface area contributed by atoms with E-state index in [0.717, 1.165) is 11.6 Å². The Kier molecular flexibility index (Phi) is 4.43. The molecular weight excluding hydrogens is 194 g/mol. The molecule has 0 amide bonds. The van der Waals surface area contributed by atoms with Gasteiger partial charge in [-0.3, -0.25) is 0 Å². The van der Waals surface area contributed by atoms with Crippen molar-refractivity contribution in [2.75, 3.05) is 6.54 Å². The van der Waals surface area contributed by atoms with E-state index in [9.17, 15) is 0 Å². The summed E-state index contributed by atoms with van der Waals surface area (Å²) in [5, 5.41) is 4.23. The molecule has 0 aliphatic carbocycles. The molecule has 14 heavy (non-hydrogen) atoms. The predicted octanol–water partition coefficient (Wildman–Crippen LogP) is 3.44. The van der Waals surface area contributed by atoms with Crippen LogP contribution in [-0.4, -0.2) is 12.6 Å². The third kappa shape index (κ3) is 3.69. The van der Waals surface area contributed by atoms with Gasteiger partial charge >= 0.3 is 0 Å². The van der Waals surface area contributed by atoms with Crippen molar-refractivity contribution in [2.45, 2.75) is 32.7 Å². The second kappa shape index (κ2) is 5.38. The molecule has 0 aliphatic rings. The molecule has 0 radical (unpaired) electrons. The van der Waals surface area contributed by atoms with Gasteiger partial charge in [-0.2, -0.15) is 0 Å². The van der Waals surface area contributed by atoms with Crippen LogP contribution in [0.15, 0.2) is 24.3 Å². The van der Waals surface area contributed by atoms with Crippen LogP contribution in [0.5, 0.6) is 0 Å². The third-order valence-corrected chi connectivity index (χ3v) is 2.52. The lowest BCUT2D eigenvalue weighted by Crippen LogP contribution is -2.26. The SMILES string of the molecule is CC(C)NC[C@@H](C)c1ccc(Cl)cc1. The average molecular weight is 212 g/mol. The van der Waals surface area contributed by atoms with Crippen molar-refractivity contribution in [1.82, 2.24) is 5.32 Å². The maximum atomic E-state index is 5.83. The summed E-state index contributed by atoms with van der Waals surface area (Å²) in [6, 6.07) is 8.62. The zero-order valence-corrected chi connectivity index (χ0v) is 9.81. The number of hydrogen-bond donors (Lipinski definition) is 1. The molecule has 0 saturated carbocycles. The molecule has 1 rings (SSSR count). The minimum atomic E-state index is 0.537. The van der Waals surface area contributed by atoms with Crippen LogP contribution in [0, 0.1) is 0 Å². The summed E-state index contributed by atoms with van der Waals surface area (Å²) in [7, 11) is 0. The summed E-state index contributed by atoms with van der Waals surface area (Å²) in [5.41, 5.74) is 1.34. The van der Waals surface area contributed by atoms with Gasteiger partial charge in [0.2, 0.25) is 0 Å². The van der Waals surface area contributed by atoms with Gasteiger partial charge in [0.25, 0.3) is 0 Å². The molecule has 1 atom stereocenters.